The zero-order valence-electron chi connectivity index (χ0n) is 11.3. The average Bonchev–Trinajstić information content (AvgIpc) is 3.09. The number of nitrogens with zero attached hydrogens (tertiary/aromatic N) is 6. The van der Waals surface area contributed by atoms with Crippen LogP contribution in [0.2, 0.25) is 0 Å². The minimum absolute atomic E-state index is 0.00834. The predicted octanol–water partition coefficient (Wildman–Crippen LogP) is 0.366. The molecule has 0 unspecified atom stereocenters. The molecular formula is C14H14N6O. The minimum atomic E-state index is 0.00834. The first-order valence-corrected chi connectivity index (χ1v) is 6.91. The van der Waals surface area contributed by atoms with Gasteiger partial charge < -0.3 is 9.80 Å². The fourth-order valence-corrected chi connectivity index (χ4v) is 3.14. The van der Waals surface area contributed by atoms with Crippen LogP contribution < -0.4 is 9.80 Å². The summed E-state index contributed by atoms with van der Waals surface area (Å²) in [6.45, 7) is 2.20. The number of rotatable bonds is 2. The third-order valence-electron chi connectivity index (χ3n) is 4.13. The largest absolute Gasteiger partial charge is 0.340 e. The van der Waals surface area contributed by atoms with Gasteiger partial charge in [0.1, 0.15) is 6.33 Å². The van der Waals surface area contributed by atoms with Gasteiger partial charge >= 0.3 is 0 Å². The van der Waals surface area contributed by atoms with E-state index in [0.717, 1.165) is 12.2 Å². The van der Waals surface area contributed by atoms with Crippen molar-refractivity contribution in [1.29, 1.82) is 0 Å². The zero-order chi connectivity index (χ0) is 14.2. The topological polar surface area (TPSA) is 75.1 Å². The number of anilines is 2. The molecule has 2 aliphatic rings. The quantitative estimate of drug-likeness (QED) is 0.792. The molecule has 1 amide bonds. The van der Waals surface area contributed by atoms with Gasteiger partial charge in [0.05, 0.1) is 24.0 Å². The van der Waals surface area contributed by atoms with Crippen molar-refractivity contribution in [2.75, 3.05) is 29.4 Å². The molecule has 7 nitrogen and oxygen atoms in total. The van der Waals surface area contributed by atoms with E-state index < -0.39 is 0 Å². The lowest BCUT2D eigenvalue weighted by molar-refractivity contribution is -0.120. The fourth-order valence-electron chi connectivity index (χ4n) is 3.14. The standard InChI is InChI=1S/C14H14N6O/c21-13-12-8-19(14-17-2-1-3-18-14)6-10(12)7-20(13)11-4-15-9-16-5-11/h1-5,9-10,12H,6-8H2/t10-,12-/m1/s1. The Labute approximate surface area is 121 Å². The molecule has 0 bridgehead atoms. The molecule has 2 atom stereocenters. The van der Waals surface area contributed by atoms with Crippen LogP contribution in [-0.4, -0.2) is 45.5 Å². The lowest BCUT2D eigenvalue weighted by atomic mass is 10.0. The molecule has 7 heteroatoms. The highest BCUT2D eigenvalue weighted by atomic mass is 16.2. The van der Waals surface area contributed by atoms with E-state index in [1.807, 2.05) is 0 Å². The molecule has 2 fully saturated rings. The lowest BCUT2D eigenvalue weighted by Crippen LogP contribution is -2.33. The number of hydrogen-bond acceptors (Lipinski definition) is 6. The monoisotopic (exact) mass is 282 g/mol. The average molecular weight is 282 g/mol. The summed E-state index contributed by atoms with van der Waals surface area (Å²) in [7, 11) is 0. The van der Waals surface area contributed by atoms with Gasteiger partial charge in [-0.05, 0) is 6.07 Å². The predicted molar refractivity (Wildman–Crippen MR) is 75.6 cm³/mol. The number of fused-ring (bicyclic) bond motifs is 1. The van der Waals surface area contributed by atoms with Crippen molar-refractivity contribution in [2.45, 2.75) is 0 Å². The van der Waals surface area contributed by atoms with Crippen LogP contribution in [0, 0.1) is 11.8 Å². The molecule has 2 aromatic rings. The maximum Gasteiger partial charge on any atom is 0.232 e. The molecule has 0 radical (unpaired) electrons. The molecule has 0 aliphatic carbocycles. The first-order chi connectivity index (χ1) is 10.3. The van der Waals surface area contributed by atoms with Crippen LogP contribution in [-0.2, 0) is 4.79 Å². The highest BCUT2D eigenvalue weighted by Gasteiger charge is 2.47. The summed E-state index contributed by atoms with van der Waals surface area (Å²) in [6, 6.07) is 1.79. The Morgan fingerprint density at radius 2 is 1.81 bits per heavy atom. The maximum atomic E-state index is 12.6. The van der Waals surface area contributed by atoms with Crippen LogP contribution in [0.15, 0.2) is 37.2 Å². The number of carbonyl (C=O) groups excluding carboxylic acids is 1. The lowest BCUT2D eigenvalue weighted by Gasteiger charge is -2.21. The molecule has 21 heavy (non-hydrogen) atoms. The van der Waals surface area contributed by atoms with Crippen molar-refractivity contribution >= 4 is 17.5 Å². The number of aromatic nitrogens is 4. The summed E-state index contributed by atoms with van der Waals surface area (Å²) in [5.41, 5.74) is 0.777. The van der Waals surface area contributed by atoms with Crippen LogP contribution >= 0.6 is 0 Å². The first kappa shape index (κ1) is 12.2. The van der Waals surface area contributed by atoms with Gasteiger partial charge in [-0.3, -0.25) is 4.79 Å². The van der Waals surface area contributed by atoms with Crippen molar-refractivity contribution in [3.63, 3.8) is 0 Å². The molecular weight excluding hydrogens is 268 g/mol. The van der Waals surface area contributed by atoms with E-state index in [1.165, 1.54) is 6.33 Å². The van der Waals surface area contributed by atoms with Gasteiger partial charge in [-0.15, -0.1) is 0 Å². The Morgan fingerprint density at radius 1 is 1.05 bits per heavy atom. The van der Waals surface area contributed by atoms with Crippen molar-refractivity contribution in [1.82, 2.24) is 19.9 Å². The summed E-state index contributed by atoms with van der Waals surface area (Å²) in [5, 5.41) is 0. The van der Waals surface area contributed by atoms with E-state index >= 15 is 0 Å². The van der Waals surface area contributed by atoms with E-state index in [4.69, 9.17) is 0 Å². The van der Waals surface area contributed by atoms with Gasteiger partial charge in [0.15, 0.2) is 0 Å². The van der Waals surface area contributed by atoms with Gasteiger partial charge in [0.25, 0.3) is 0 Å². The van der Waals surface area contributed by atoms with Crippen LogP contribution in [0.25, 0.3) is 0 Å². The second-order valence-corrected chi connectivity index (χ2v) is 5.37. The highest BCUT2D eigenvalue weighted by molar-refractivity contribution is 5.98. The fraction of sp³-hybridized carbons (Fsp3) is 0.357. The Hall–Kier alpha value is -2.57. The maximum absolute atomic E-state index is 12.6. The molecule has 0 spiro atoms. The second kappa shape index (κ2) is 4.76. The normalized spacial score (nSPS) is 24.5. The van der Waals surface area contributed by atoms with E-state index in [-0.39, 0.29) is 11.8 Å². The molecule has 2 aliphatic heterocycles. The third-order valence-corrected chi connectivity index (χ3v) is 4.13. The van der Waals surface area contributed by atoms with Gasteiger partial charge in [0.2, 0.25) is 11.9 Å². The van der Waals surface area contributed by atoms with Crippen molar-refractivity contribution in [3.8, 4) is 0 Å². The SMILES string of the molecule is O=C1[C@@H]2CN(c3ncccn3)C[C@@H]2CN1c1cncnc1. The molecule has 0 N–H and O–H groups in total. The van der Waals surface area contributed by atoms with Crippen LogP contribution in [0.4, 0.5) is 11.6 Å². The first-order valence-electron chi connectivity index (χ1n) is 6.91. The molecule has 4 rings (SSSR count). The van der Waals surface area contributed by atoms with Gasteiger partial charge in [-0.25, -0.2) is 19.9 Å². The van der Waals surface area contributed by atoms with Crippen LogP contribution in [0.1, 0.15) is 0 Å². The molecule has 0 saturated carbocycles. The molecule has 0 aromatic carbocycles. The summed E-state index contributed by atoms with van der Waals surface area (Å²) < 4.78 is 0. The van der Waals surface area contributed by atoms with E-state index in [1.54, 1.807) is 35.8 Å². The van der Waals surface area contributed by atoms with Crippen LogP contribution in [0.3, 0.4) is 0 Å². The van der Waals surface area contributed by atoms with E-state index in [2.05, 4.69) is 24.8 Å². The smallest absolute Gasteiger partial charge is 0.232 e. The Kier molecular flexibility index (Phi) is 2.77. The van der Waals surface area contributed by atoms with Crippen LogP contribution in [0.5, 0.6) is 0 Å². The summed E-state index contributed by atoms with van der Waals surface area (Å²) in [6.07, 6.45) is 8.30. The van der Waals surface area contributed by atoms with Gasteiger partial charge in [0, 0.05) is 37.9 Å². The Balaban J connectivity index is 1.53. The zero-order valence-corrected chi connectivity index (χ0v) is 11.3. The van der Waals surface area contributed by atoms with Crippen molar-refractivity contribution in [2.24, 2.45) is 11.8 Å². The van der Waals surface area contributed by atoms with E-state index in [9.17, 15) is 4.79 Å². The third kappa shape index (κ3) is 2.01. The minimum Gasteiger partial charge on any atom is -0.340 e. The summed E-state index contributed by atoms with van der Waals surface area (Å²) >= 11 is 0. The van der Waals surface area contributed by atoms with E-state index in [0.29, 0.717) is 25.0 Å². The van der Waals surface area contributed by atoms with Crippen molar-refractivity contribution in [3.05, 3.63) is 37.2 Å². The van der Waals surface area contributed by atoms with Gasteiger partial charge in [-0.1, -0.05) is 0 Å². The number of amides is 1. The number of carbonyl (C=O) groups is 1. The summed E-state index contributed by atoms with van der Waals surface area (Å²) in [4.78, 5) is 32.9. The summed E-state index contributed by atoms with van der Waals surface area (Å²) in [5.74, 6) is 1.16. The molecule has 2 aromatic heterocycles. The number of hydrogen-bond donors (Lipinski definition) is 0. The Bertz CT molecular complexity index is 649. The van der Waals surface area contributed by atoms with Gasteiger partial charge in [-0.2, -0.15) is 0 Å². The highest BCUT2D eigenvalue weighted by Crippen LogP contribution is 2.35. The second-order valence-electron chi connectivity index (χ2n) is 5.37. The Morgan fingerprint density at radius 3 is 2.52 bits per heavy atom. The molecule has 106 valence electrons. The molecule has 2 saturated heterocycles. The molecule has 4 heterocycles. The van der Waals surface area contributed by atoms with Crippen molar-refractivity contribution < 1.29 is 4.79 Å².